The van der Waals surface area contributed by atoms with Crippen LogP contribution in [0.5, 0.6) is 11.5 Å². The number of amides is 2. The van der Waals surface area contributed by atoms with Crippen molar-refractivity contribution >= 4 is 11.8 Å². The minimum atomic E-state index is -0.693. The number of carbonyl (C=O) groups is 2. The highest BCUT2D eigenvalue weighted by atomic mass is 16.5. The predicted octanol–water partition coefficient (Wildman–Crippen LogP) is 0.155. The highest BCUT2D eigenvalue weighted by Gasteiger charge is 2.28. The highest BCUT2D eigenvalue weighted by Crippen LogP contribution is 2.22. The second-order valence-corrected chi connectivity index (χ2v) is 7.03. The molecule has 8 heteroatoms. The summed E-state index contributed by atoms with van der Waals surface area (Å²) in [6, 6.07) is 4.16. The lowest BCUT2D eigenvalue weighted by Crippen LogP contribution is -2.51. The molecule has 0 radical (unpaired) electrons. The van der Waals surface area contributed by atoms with E-state index < -0.39 is 12.1 Å². The minimum absolute atomic E-state index is 0.0277. The summed E-state index contributed by atoms with van der Waals surface area (Å²) in [7, 11) is 3.01. The van der Waals surface area contributed by atoms with Gasteiger partial charge in [0.15, 0.2) is 0 Å². The number of aliphatic hydroxyl groups is 1. The second-order valence-electron chi connectivity index (χ2n) is 7.03. The molecular formula is C19H29N3O5. The summed E-state index contributed by atoms with van der Waals surface area (Å²) in [5.74, 6) is 0.199. The average molecular weight is 379 g/mol. The molecule has 2 amide bonds. The van der Waals surface area contributed by atoms with E-state index in [-0.39, 0.29) is 23.7 Å². The molecule has 0 aromatic heterocycles. The molecule has 150 valence electrons. The summed E-state index contributed by atoms with van der Waals surface area (Å²) in [5, 5.41) is 18.5. The molecule has 1 saturated heterocycles. The summed E-state index contributed by atoms with van der Waals surface area (Å²) in [6.45, 7) is 5.27. The smallest absolute Gasteiger partial charge is 0.252 e. The van der Waals surface area contributed by atoms with Gasteiger partial charge in [-0.3, -0.25) is 9.59 Å². The molecule has 1 fully saturated rings. The lowest BCUT2D eigenvalue weighted by Gasteiger charge is -2.23. The third-order valence-corrected chi connectivity index (χ3v) is 4.69. The number of hydrogen-bond donors (Lipinski definition) is 4. The van der Waals surface area contributed by atoms with E-state index in [1.807, 2.05) is 13.8 Å². The van der Waals surface area contributed by atoms with E-state index in [0.717, 1.165) is 0 Å². The zero-order valence-corrected chi connectivity index (χ0v) is 16.2. The summed E-state index contributed by atoms with van der Waals surface area (Å²) in [5.41, 5.74) is 0.347. The van der Waals surface area contributed by atoms with Crippen LogP contribution in [-0.2, 0) is 4.79 Å². The maximum atomic E-state index is 12.7. The van der Waals surface area contributed by atoms with Crippen LogP contribution in [0.25, 0.3) is 0 Å². The van der Waals surface area contributed by atoms with Gasteiger partial charge in [0.2, 0.25) is 5.91 Å². The molecule has 27 heavy (non-hydrogen) atoms. The van der Waals surface area contributed by atoms with Crippen LogP contribution >= 0.6 is 0 Å². The summed E-state index contributed by atoms with van der Waals surface area (Å²) >= 11 is 0. The fourth-order valence-electron chi connectivity index (χ4n) is 2.97. The Bertz CT molecular complexity index is 642. The Morgan fingerprint density at radius 2 is 1.81 bits per heavy atom. The third kappa shape index (κ3) is 5.58. The van der Waals surface area contributed by atoms with Crippen LogP contribution in [0.2, 0.25) is 0 Å². The van der Waals surface area contributed by atoms with Crippen molar-refractivity contribution in [3.05, 3.63) is 23.8 Å². The van der Waals surface area contributed by atoms with Crippen LogP contribution in [0.15, 0.2) is 18.2 Å². The lowest BCUT2D eigenvalue weighted by molar-refractivity contribution is -0.124. The molecular weight excluding hydrogens is 350 g/mol. The Kier molecular flexibility index (Phi) is 7.44. The Morgan fingerprint density at radius 3 is 2.30 bits per heavy atom. The van der Waals surface area contributed by atoms with E-state index in [4.69, 9.17) is 9.47 Å². The maximum absolute atomic E-state index is 12.7. The fourth-order valence-corrected chi connectivity index (χ4v) is 2.97. The van der Waals surface area contributed by atoms with E-state index in [0.29, 0.717) is 36.7 Å². The second kappa shape index (κ2) is 9.57. The molecule has 1 aromatic carbocycles. The van der Waals surface area contributed by atoms with Crippen LogP contribution < -0.4 is 25.4 Å². The van der Waals surface area contributed by atoms with Gasteiger partial charge >= 0.3 is 0 Å². The molecule has 8 nitrogen and oxygen atoms in total. The number of ether oxygens (including phenoxy) is 2. The number of hydrogen-bond acceptors (Lipinski definition) is 6. The van der Waals surface area contributed by atoms with Crippen molar-refractivity contribution in [1.29, 1.82) is 0 Å². The summed E-state index contributed by atoms with van der Waals surface area (Å²) in [6.07, 6.45) is -0.471. The molecule has 4 N–H and O–H groups in total. The van der Waals surface area contributed by atoms with Crippen LogP contribution in [0, 0.1) is 11.8 Å². The molecule has 3 atom stereocenters. The first-order valence-corrected chi connectivity index (χ1v) is 9.06. The first kappa shape index (κ1) is 21.0. The van der Waals surface area contributed by atoms with Crippen molar-refractivity contribution in [2.45, 2.75) is 26.0 Å². The predicted molar refractivity (Wildman–Crippen MR) is 101 cm³/mol. The zero-order valence-electron chi connectivity index (χ0n) is 16.2. The Balaban J connectivity index is 2.04. The first-order chi connectivity index (χ1) is 12.8. The van der Waals surface area contributed by atoms with Gasteiger partial charge in [-0.1, -0.05) is 13.8 Å². The van der Waals surface area contributed by atoms with Crippen molar-refractivity contribution in [2.24, 2.45) is 11.8 Å². The van der Waals surface area contributed by atoms with Gasteiger partial charge in [0, 0.05) is 37.2 Å². The first-order valence-electron chi connectivity index (χ1n) is 9.06. The Labute approximate surface area is 159 Å². The molecule has 1 aliphatic heterocycles. The standard InChI is InChI=1S/C19H29N3O5/c1-11(2)17(19(25)21-9-13-8-20-10-16(13)23)22-18(24)12-5-14(26-3)7-15(6-12)27-4/h5-7,11,13,16-17,20,23H,8-10H2,1-4H3,(H,21,25)(H,22,24). The van der Waals surface area contributed by atoms with E-state index in [2.05, 4.69) is 16.0 Å². The van der Waals surface area contributed by atoms with E-state index in [1.165, 1.54) is 14.2 Å². The van der Waals surface area contributed by atoms with E-state index in [9.17, 15) is 14.7 Å². The molecule has 0 aliphatic carbocycles. The molecule has 1 heterocycles. The number of aliphatic hydroxyl groups excluding tert-OH is 1. The normalized spacial score (nSPS) is 20.2. The molecule has 1 aliphatic rings. The van der Waals surface area contributed by atoms with Crippen molar-refractivity contribution in [1.82, 2.24) is 16.0 Å². The number of nitrogens with one attached hydrogen (secondary N) is 3. The van der Waals surface area contributed by atoms with Gasteiger partial charge < -0.3 is 30.5 Å². The monoisotopic (exact) mass is 379 g/mol. The number of benzene rings is 1. The number of methoxy groups -OCH3 is 2. The summed E-state index contributed by atoms with van der Waals surface area (Å²) in [4.78, 5) is 25.2. The largest absolute Gasteiger partial charge is 0.497 e. The summed E-state index contributed by atoms with van der Waals surface area (Å²) < 4.78 is 10.4. The van der Waals surface area contributed by atoms with Crippen LogP contribution in [0.3, 0.4) is 0 Å². The molecule has 0 saturated carbocycles. The van der Waals surface area contributed by atoms with E-state index >= 15 is 0 Å². The number of β-amino-alcohol motifs (C(OH)–C–C–N with tert-alkyl or cyclic N) is 1. The zero-order chi connectivity index (χ0) is 20.0. The van der Waals surface area contributed by atoms with Crippen LogP contribution in [0.1, 0.15) is 24.2 Å². The average Bonchev–Trinajstić information content (AvgIpc) is 3.07. The molecule has 2 rings (SSSR count). The van der Waals surface area contributed by atoms with Gasteiger partial charge in [-0.05, 0) is 18.1 Å². The quantitative estimate of drug-likeness (QED) is 0.512. The Hall–Kier alpha value is -2.32. The topological polar surface area (TPSA) is 109 Å². The fraction of sp³-hybridized carbons (Fsp3) is 0.579. The maximum Gasteiger partial charge on any atom is 0.252 e. The van der Waals surface area contributed by atoms with Crippen LogP contribution in [-0.4, -0.2) is 62.9 Å². The SMILES string of the molecule is COc1cc(OC)cc(C(=O)NC(C(=O)NCC2CNCC2O)C(C)C)c1. The Morgan fingerprint density at radius 1 is 1.19 bits per heavy atom. The van der Waals surface area contributed by atoms with Crippen molar-refractivity contribution in [3.8, 4) is 11.5 Å². The minimum Gasteiger partial charge on any atom is -0.497 e. The molecule has 1 aromatic rings. The van der Waals surface area contributed by atoms with Gasteiger partial charge in [0.05, 0.1) is 20.3 Å². The van der Waals surface area contributed by atoms with E-state index in [1.54, 1.807) is 18.2 Å². The highest BCUT2D eigenvalue weighted by molar-refractivity contribution is 5.98. The van der Waals surface area contributed by atoms with Crippen LogP contribution in [0.4, 0.5) is 0 Å². The van der Waals surface area contributed by atoms with Gasteiger partial charge in [0.25, 0.3) is 5.91 Å². The van der Waals surface area contributed by atoms with Gasteiger partial charge in [-0.2, -0.15) is 0 Å². The lowest BCUT2D eigenvalue weighted by atomic mass is 10.0. The van der Waals surface area contributed by atoms with Crippen molar-refractivity contribution in [3.63, 3.8) is 0 Å². The molecule has 3 unspecified atom stereocenters. The molecule has 0 bridgehead atoms. The van der Waals surface area contributed by atoms with Crippen molar-refractivity contribution in [2.75, 3.05) is 33.9 Å². The number of carbonyl (C=O) groups excluding carboxylic acids is 2. The number of rotatable bonds is 8. The molecule has 0 spiro atoms. The van der Waals surface area contributed by atoms with Gasteiger partial charge in [-0.15, -0.1) is 0 Å². The van der Waals surface area contributed by atoms with Gasteiger partial charge in [0.1, 0.15) is 17.5 Å². The van der Waals surface area contributed by atoms with Crippen molar-refractivity contribution < 1.29 is 24.2 Å². The third-order valence-electron chi connectivity index (χ3n) is 4.69. The van der Waals surface area contributed by atoms with Gasteiger partial charge in [-0.25, -0.2) is 0 Å².